The number of esters is 1. The third kappa shape index (κ3) is 2.95. The van der Waals surface area contributed by atoms with Gasteiger partial charge in [0.05, 0.1) is 5.56 Å². The van der Waals surface area contributed by atoms with E-state index in [1.807, 2.05) is 6.07 Å². The van der Waals surface area contributed by atoms with Gasteiger partial charge in [0.25, 0.3) is 0 Å². The molecule has 0 fully saturated rings. The Morgan fingerprint density at radius 3 is 2.28 bits per heavy atom. The zero-order chi connectivity index (χ0) is 12.8. The standard InChI is InChI=1S/C14H11NO3/c16-10-15-12-8-6-11(7-9-12)14(17)18-13-4-2-1-3-5-13/h1-10H,(H,15,16). The first-order valence-corrected chi connectivity index (χ1v) is 5.37. The summed E-state index contributed by atoms with van der Waals surface area (Å²) in [6.07, 6.45) is 0.581. The van der Waals surface area contributed by atoms with Crippen LogP contribution in [0.5, 0.6) is 5.75 Å². The molecule has 0 aliphatic carbocycles. The summed E-state index contributed by atoms with van der Waals surface area (Å²) in [7, 11) is 0. The number of rotatable bonds is 4. The summed E-state index contributed by atoms with van der Waals surface area (Å²) in [5, 5.41) is 2.49. The topological polar surface area (TPSA) is 55.4 Å². The Hall–Kier alpha value is -2.62. The number of ether oxygens (including phenoxy) is 1. The third-order valence-corrected chi connectivity index (χ3v) is 2.30. The molecule has 0 bridgehead atoms. The predicted octanol–water partition coefficient (Wildman–Crippen LogP) is 2.47. The number of nitrogens with one attached hydrogen (secondary N) is 1. The maximum absolute atomic E-state index is 11.8. The molecule has 0 spiro atoms. The van der Waals surface area contributed by atoms with Gasteiger partial charge in [0.15, 0.2) is 0 Å². The van der Waals surface area contributed by atoms with Crippen molar-refractivity contribution in [2.45, 2.75) is 0 Å². The second-order valence-electron chi connectivity index (χ2n) is 3.54. The van der Waals surface area contributed by atoms with E-state index in [1.165, 1.54) is 0 Å². The van der Waals surface area contributed by atoms with E-state index in [9.17, 15) is 9.59 Å². The fraction of sp³-hybridized carbons (Fsp3) is 0. The largest absolute Gasteiger partial charge is 0.423 e. The number of benzene rings is 2. The molecule has 0 aliphatic heterocycles. The van der Waals surface area contributed by atoms with Gasteiger partial charge in [0.1, 0.15) is 5.75 Å². The molecule has 0 heterocycles. The van der Waals surface area contributed by atoms with Crippen molar-refractivity contribution in [1.82, 2.24) is 0 Å². The highest BCUT2D eigenvalue weighted by molar-refractivity contribution is 5.91. The number of carbonyl (C=O) groups is 2. The number of anilines is 1. The number of para-hydroxylation sites is 1. The fourth-order valence-corrected chi connectivity index (χ4v) is 1.43. The zero-order valence-corrected chi connectivity index (χ0v) is 9.50. The van der Waals surface area contributed by atoms with Crippen molar-refractivity contribution in [3.63, 3.8) is 0 Å². The minimum Gasteiger partial charge on any atom is -0.423 e. The van der Waals surface area contributed by atoms with Crippen molar-refractivity contribution in [2.75, 3.05) is 5.32 Å². The summed E-state index contributed by atoms with van der Waals surface area (Å²) in [6.45, 7) is 0. The summed E-state index contributed by atoms with van der Waals surface area (Å²) in [5.74, 6) is 0.0662. The molecule has 18 heavy (non-hydrogen) atoms. The lowest BCUT2D eigenvalue weighted by Crippen LogP contribution is -2.08. The molecule has 0 unspecified atom stereocenters. The second kappa shape index (κ2) is 5.63. The van der Waals surface area contributed by atoms with Crippen molar-refractivity contribution in [3.8, 4) is 5.75 Å². The van der Waals surface area contributed by atoms with Crippen LogP contribution in [0.1, 0.15) is 10.4 Å². The first-order valence-electron chi connectivity index (χ1n) is 5.37. The van der Waals surface area contributed by atoms with E-state index in [-0.39, 0.29) is 0 Å². The van der Waals surface area contributed by atoms with Gasteiger partial charge < -0.3 is 10.1 Å². The van der Waals surface area contributed by atoms with E-state index in [2.05, 4.69) is 5.32 Å². The van der Waals surface area contributed by atoms with E-state index in [1.54, 1.807) is 48.5 Å². The van der Waals surface area contributed by atoms with E-state index >= 15 is 0 Å². The van der Waals surface area contributed by atoms with Crippen LogP contribution in [0.4, 0.5) is 5.69 Å². The number of amides is 1. The van der Waals surface area contributed by atoms with Gasteiger partial charge in [-0.2, -0.15) is 0 Å². The Balaban J connectivity index is 2.07. The lowest BCUT2D eigenvalue weighted by molar-refractivity contribution is -0.105. The molecule has 2 rings (SSSR count). The highest BCUT2D eigenvalue weighted by atomic mass is 16.5. The van der Waals surface area contributed by atoms with Gasteiger partial charge in [-0.15, -0.1) is 0 Å². The van der Waals surface area contributed by atoms with Crippen molar-refractivity contribution in [1.29, 1.82) is 0 Å². The van der Waals surface area contributed by atoms with Crippen LogP contribution in [-0.4, -0.2) is 12.4 Å². The maximum Gasteiger partial charge on any atom is 0.343 e. The predicted molar refractivity (Wildman–Crippen MR) is 67.5 cm³/mol. The van der Waals surface area contributed by atoms with Crippen molar-refractivity contribution >= 4 is 18.1 Å². The minimum absolute atomic E-state index is 0.426. The number of hydrogen-bond acceptors (Lipinski definition) is 3. The van der Waals surface area contributed by atoms with Crippen LogP contribution < -0.4 is 10.1 Å². The lowest BCUT2D eigenvalue weighted by Gasteiger charge is -2.04. The van der Waals surface area contributed by atoms with Crippen LogP contribution in [-0.2, 0) is 4.79 Å². The van der Waals surface area contributed by atoms with Gasteiger partial charge >= 0.3 is 5.97 Å². The summed E-state index contributed by atoms with van der Waals surface area (Å²) in [4.78, 5) is 22.0. The molecule has 0 saturated heterocycles. The molecule has 0 saturated carbocycles. The molecular weight excluding hydrogens is 230 g/mol. The van der Waals surface area contributed by atoms with Gasteiger partial charge in [0.2, 0.25) is 6.41 Å². The second-order valence-corrected chi connectivity index (χ2v) is 3.54. The molecule has 0 aliphatic rings. The monoisotopic (exact) mass is 241 g/mol. The minimum atomic E-state index is -0.432. The van der Waals surface area contributed by atoms with Gasteiger partial charge in [-0.1, -0.05) is 18.2 Å². The Morgan fingerprint density at radius 1 is 1.00 bits per heavy atom. The number of carbonyl (C=O) groups excluding carboxylic acids is 2. The summed E-state index contributed by atoms with van der Waals surface area (Å²) >= 11 is 0. The van der Waals surface area contributed by atoms with Crippen LogP contribution in [0, 0.1) is 0 Å². The van der Waals surface area contributed by atoms with Crippen molar-refractivity contribution in [2.24, 2.45) is 0 Å². The van der Waals surface area contributed by atoms with E-state index in [4.69, 9.17) is 4.74 Å². The molecule has 0 radical (unpaired) electrons. The summed E-state index contributed by atoms with van der Waals surface area (Å²) < 4.78 is 5.17. The molecular formula is C14H11NO3. The smallest absolute Gasteiger partial charge is 0.343 e. The fourth-order valence-electron chi connectivity index (χ4n) is 1.43. The average Bonchev–Trinajstić information content (AvgIpc) is 2.41. The Bertz CT molecular complexity index is 535. The molecule has 4 nitrogen and oxygen atoms in total. The van der Waals surface area contributed by atoms with Crippen LogP contribution >= 0.6 is 0 Å². The first-order chi connectivity index (χ1) is 8.79. The molecule has 90 valence electrons. The Kier molecular flexibility index (Phi) is 3.71. The van der Waals surface area contributed by atoms with E-state index in [0.29, 0.717) is 23.4 Å². The van der Waals surface area contributed by atoms with Crippen LogP contribution in [0.25, 0.3) is 0 Å². The SMILES string of the molecule is O=CNc1ccc(C(=O)Oc2ccccc2)cc1. The molecule has 4 heteroatoms. The highest BCUT2D eigenvalue weighted by Gasteiger charge is 2.07. The number of hydrogen-bond donors (Lipinski definition) is 1. The Labute approximate surface area is 104 Å². The first kappa shape index (κ1) is 11.9. The molecule has 2 aromatic rings. The molecule has 1 amide bonds. The summed E-state index contributed by atoms with van der Waals surface area (Å²) in [5.41, 5.74) is 1.05. The summed E-state index contributed by atoms with van der Waals surface area (Å²) in [6, 6.07) is 15.3. The van der Waals surface area contributed by atoms with Crippen LogP contribution in [0.15, 0.2) is 54.6 Å². The molecule has 1 N–H and O–H groups in total. The lowest BCUT2D eigenvalue weighted by atomic mass is 10.2. The molecule has 2 aromatic carbocycles. The molecule has 0 aromatic heterocycles. The Morgan fingerprint density at radius 2 is 1.67 bits per heavy atom. The third-order valence-electron chi connectivity index (χ3n) is 2.30. The average molecular weight is 241 g/mol. The van der Waals surface area contributed by atoms with E-state index < -0.39 is 5.97 Å². The van der Waals surface area contributed by atoms with Crippen molar-refractivity contribution < 1.29 is 14.3 Å². The van der Waals surface area contributed by atoms with Crippen LogP contribution in [0.3, 0.4) is 0 Å². The maximum atomic E-state index is 11.8. The van der Waals surface area contributed by atoms with Gasteiger partial charge in [-0.25, -0.2) is 4.79 Å². The van der Waals surface area contributed by atoms with Gasteiger partial charge in [0, 0.05) is 5.69 Å². The van der Waals surface area contributed by atoms with Crippen LogP contribution in [0.2, 0.25) is 0 Å². The van der Waals surface area contributed by atoms with E-state index in [0.717, 1.165) is 0 Å². The zero-order valence-electron chi connectivity index (χ0n) is 9.50. The van der Waals surface area contributed by atoms with Crippen molar-refractivity contribution in [3.05, 3.63) is 60.2 Å². The van der Waals surface area contributed by atoms with Gasteiger partial charge in [-0.05, 0) is 36.4 Å². The quantitative estimate of drug-likeness (QED) is 0.508. The van der Waals surface area contributed by atoms with Gasteiger partial charge in [-0.3, -0.25) is 4.79 Å². The molecule has 0 atom stereocenters. The normalized spacial score (nSPS) is 9.56. The highest BCUT2D eigenvalue weighted by Crippen LogP contribution is 2.13.